The monoisotopic (exact) mass is 324 g/mol. The number of nitrogens with one attached hydrogen (secondary N) is 1. The summed E-state index contributed by atoms with van der Waals surface area (Å²) < 4.78 is 1.12. The molecule has 4 heteroatoms. The molecule has 0 aliphatic carbocycles. The van der Waals surface area contributed by atoms with Crippen molar-refractivity contribution in [1.82, 2.24) is 5.43 Å². The highest BCUT2D eigenvalue weighted by molar-refractivity contribution is 9.10. The lowest BCUT2D eigenvalue weighted by Gasteiger charge is -2.15. The largest absolute Gasteiger partial charge is 0.271 e. The van der Waals surface area contributed by atoms with Crippen molar-refractivity contribution in [1.29, 1.82) is 0 Å². The fourth-order valence-electron chi connectivity index (χ4n) is 1.96. The van der Waals surface area contributed by atoms with E-state index in [9.17, 15) is 0 Å². The third-order valence-electron chi connectivity index (χ3n) is 2.93. The summed E-state index contributed by atoms with van der Waals surface area (Å²) in [7, 11) is 0. The molecule has 0 bridgehead atoms. The van der Waals surface area contributed by atoms with Crippen LogP contribution in [-0.4, -0.2) is 6.04 Å². The first-order valence-electron chi connectivity index (χ1n) is 6.01. The smallest absolute Gasteiger partial charge is 0.0254 e. The van der Waals surface area contributed by atoms with Gasteiger partial charge in [-0.3, -0.25) is 11.3 Å². The van der Waals surface area contributed by atoms with Crippen molar-refractivity contribution < 1.29 is 0 Å². The van der Waals surface area contributed by atoms with Gasteiger partial charge in [0.15, 0.2) is 0 Å². The van der Waals surface area contributed by atoms with E-state index in [0.29, 0.717) is 6.04 Å². The molecule has 0 saturated carbocycles. The third kappa shape index (κ3) is 4.21. The minimum absolute atomic E-state index is 0.321. The van der Waals surface area contributed by atoms with Crippen LogP contribution in [0, 0.1) is 0 Å². The molecule has 1 unspecified atom stereocenters. The van der Waals surface area contributed by atoms with E-state index in [4.69, 9.17) is 5.84 Å². The highest BCUT2D eigenvalue weighted by Crippen LogP contribution is 2.16. The first kappa shape index (κ1) is 13.7. The maximum absolute atomic E-state index is 5.64. The van der Waals surface area contributed by atoms with Gasteiger partial charge in [-0.15, -0.1) is 11.3 Å². The lowest BCUT2D eigenvalue weighted by molar-refractivity contribution is 0.493. The van der Waals surface area contributed by atoms with Gasteiger partial charge in [0.2, 0.25) is 0 Å². The number of hydrogen-bond donors (Lipinski definition) is 2. The zero-order chi connectivity index (χ0) is 12.8. The fourth-order valence-corrected chi connectivity index (χ4v) is 3.14. The zero-order valence-electron chi connectivity index (χ0n) is 10.1. The van der Waals surface area contributed by atoms with Crippen LogP contribution in [-0.2, 0) is 12.8 Å². The van der Waals surface area contributed by atoms with Gasteiger partial charge in [0, 0.05) is 15.4 Å². The first-order chi connectivity index (χ1) is 8.78. The average molecular weight is 325 g/mol. The van der Waals surface area contributed by atoms with Gasteiger partial charge < -0.3 is 0 Å². The Bertz CT molecular complexity index is 470. The molecule has 1 aromatic carbocycles. The molecular weight excluding hydrogens is 308 g/mol. The molecule has 0 radical (unpaired) electrons. The van der Waals surface area contributed by atoms with E-state index in [-0.39, 0.29) is 0 Å². The fraction of sp³-hybridized carbons (Fsp3) is 0.286. The molecule has 1 atom stereocenters. The van der Waals surface area contributed by atoms with Gasteiger partial charge in [0.05, 0.1) is 0 Å². The lowest BCUT2D eigenvalue weighted by Crippen LogP contribution is -2.37. The SMILES string of the molecule is NNC(CCc1cccs1)Cc1cccc(Br)c1. The van der Waals surface area contributed by atoms with Crippen LogP contribution >= 0.6 is 27.3 Å². The Balaban J connectivity index is 1.89. The van der Waals surface area contributed by atoms with Gasteiger partial charge in [0.1, 0.15) is 0 Å². The molecule has 2 nitrogen and oxygen atoms in total. The summed E-state index contributed by atoms with van der Waals surface area (Å²) in [6.45, 7) is 0. The molecule has 0 aliphatic heterocycles. The Labute approximate surface area is 120 Å². The van der Waals surface area contributed by atoms with Crippen molar-refractivity contribution in [2.75, 3.05) is 0 Å². The minimum Gasteiger partial charge on any atom is -0.271 e. The van der Waals surface area contributed by atoms with Gasteiger partial charge >= 0.3 is 0 Å². The maximum atomic E-state index is 5.64. The average Bonchev–Trinajstić information content (AvgIpc) is 2.87. The Morgan fingerprint density at radius 3 is 2.83 bits per heavy atom. The van der Waals surface area contributed by atoms with Crippen molar-refractivity contribution in [2.24, 2.45) is 5.84 Å². The van der Waals surface area contributed by atoms with Gasteiger partial charge in [-0.2, -0.15) is 0 Å². The topological polar surface area (TPSA) is 38.0 Å². The predicted octanol–water partition coefficient (Wildman–Crippen LogP) is 3.52. The number of nitrogens with two attached hydrogens (primary N) is 1. The number of rotatable bonds is 6. The van der Waals surface area contributed by atoms with E-state index in [1.165, 1.54) is 10.4 Å². The van der Waals surface area contributed by atoms with Crippen molar-refractivity contribution in [3.8, 4) is 0 Å². The molecule has 1 heterocycles. The summed E-state index contributed by atoms with van der Waals surface area (Å²) in [5, 5.41) is 2.12. The van der Waals surface area contributed by atoms with Crippen LogP contribution in [0.15, 0.2) is 46.3 Å². The van der Waals surface area contributed by atoms with Crippen molar-refractivity contribution >= 4 is 27.3 Å². The molecule has 96 valence electrons. The second kappa shape index (κ2) is 7.04. The molecule has 0 saturated heterocycles. The van der Waals surface area contributed by atoms with E-state index in [0.717, 1.165) is 23.7 Å². The number of benzene rings is 1. The van der Waals surface area contributed by atoms with Gasteiger partial charge in [-0.25, -0.2) is 0 Å². The third-order valence-corrected chi connectivity index (χ3v) is 4.36. The van der Waals surface area contributed by atoms with E-state index in [1.807, 2.05) is 17.4 Å². The highest BCUT2D eigenvalue weighted by Gasteiger charge is 2.08. The summed E-state index contributed by atoms with van der Waals surface area (Å²) >= 11 is 5.30. The van der Waals surface area contributed by atoms with Crippen LogP contribution < -0.4 is 11.3 Å². The molecule has 0 fully saturated rings. The van der Waals surface area contributed by atoms with Crippen molar-refractivity contribution in [3.63, 3.8) is 0 Å². The number of hydrazine groups is 1. The molecule has 3 N–H and O–H groups in total. The molecule has 18 heavy (non-hydrogen) atoms. The maximum Gasteiger partial charge on any atom is 0.0254 e. The second-order valence-electron chi connectivity index (χ2n) is 4.32. The zero-order valence-corrected chi connectivity index (χ0v) is 12.5. The molecule has 1 aromatic heterocycles. The number of hydrogen-bond acceptors (Lipinski definition) is 3. The number of aryl methyl sites for hydroxylation is 1. The van der Waals surface area contributed by atoms with Crippen LogP contribution in [0.3, 0.4) is 0 Å². The van der Waals surface area contributed by atoms with E-state index in [1.54, 1.807) is 0 Å². The number of halogens is 1. The van der Waals surface area contributed by atoms with Gasteiger partial charge in [-0.05, 0) is 48.4 Å². The van der Waals surface area contributed by atoms with Crippen LogP contribution in [0.1, 0.15) is 16.9 Å². The van der Waals surface area contributed by atoms with Crippen LogP contribution in [0.25, 0.3) is 0 Å². The van der Waals surface area contributed by atoms with E-state index < -0.39 is 0 Å². The summed E-state index contributed by atoms with van der Waals surface area (Å²) in [6, 6.07) is 13.0. The van der Waals surface area contributed by atoms with Crippen LogP contribution in [0.4, 0.5) is 0 Å². The summed E-state index contributed by atoms with van der Waals surface area (Å²) in [6.07, 6.45) is 3.10. The molecule has 2 aromatic rings. The Kier molecular flexibility index (Phi) is 5.38. The molecular formula is C14H17BrN2S. The van der Waals surface area contributed by atoms with Crippen molar-refractivity contribution in [3.05, 3.63) is 56.7 Å². The second-order valence-corrected chi connectivity index (χ2v) is 6.26. The van der Waals surface area contributed by atoms with E-state index >= 15 is 0 Å². The van der Waals surface area contributed by atoms with Gasteiger partial charge in [-0.1, -0.05) is 34.1 Å². The van der Waals surface area contributed by atoms with E-state index in [2.05, 4.69) is 57.1 Å². The Morgan fingerprint density at radius 1 is 1.28 bits per heavy atom. The Hall–Kier alpha value is -0.680. The standard InChI is InChI=1S/C14H17BrN2S/c15-12-4-1-3-11(9-12)10-13(17-16)6-7-14-5-2-8-18-14/h1-5,8-9,13,17H,6-7,10,16H2. The summed E-state index contributed by atoms with van der Waals surface area (Å²) in [5.41, 5.74) is 4.23. The first-order valence-corrected chi connectivity index (χ1v) is 7.68. The predicted molar refractivity (Wildman–Crippen MR) is 81.6 cm³/mol. The van der Waals surface area contributed by atoms with Crippen molar-refractivity contribution in [2.45, 2.75) is 25.3 Å². The molecule has 0 spiro atoms. The van der Waals surface area contributed by atoms with Crippen LogP contribution in [0.2, 0.25) is 0 Å². The quantitative estimate of drug-likeness (QED) is 0.630. The lowest BCUT2D eigenvalue weighted by atomic mass is 10.0. The molecule has 0 amide bonds. The normalized spacial score (nSPS) is 12.6. The van der Waals surface area contributed by atoms with Gasteiger partial charge in [0.25, 0.3) is 0 Å². The Morgan fingerprint density at radius 2 is 2.17 bits per heavy atom. The summed E-state index contributed by atoms with van der Waals surface area (Å²) in [4.78, 5) is 1.42. The highest BCUT2D eigenvalue weighted by atomic mass is 79.9. The summed E-state index contributed by atoms with van der Waals surface area (Å²) in [5.74, 6) is 5.64. The molecule has 0 aliphatic rings. The minimum atomic E-state index is 0.321. The van der Waals surface area contributed by atoms with Crippen LogP contribution in [0.5, 0.6) is 0 Å². The molecule has 2 rings (SSSR count). The number of thiophene rings is 1.